The molecule has 0 aliphatic carbocycles. The van der Waals surface area contributed by atoms with E-state index >= 15 is 0 Å². The van der Waals surface area contributed by atoms with Crippen molar-refractivity contribution in [3.63, 3.8) is 0 Å². The summed E-state index contributed by atoms with van der Waals surface area (Å²) in [7, 11) is 0. The van der Waals surface area contributed by atoms with E-state index in [1.165, 1.54) is 23.5 Å². The van der Waals surface area contributed by atoms with Crippen LogP contribution in [0.1, 0.15) is 10.9 Å². The molecule has 6 heteroatoms. The van der Waals surface area contributed by atoms with E-state index in [-0.39, 0.29) is 5.69 Å². The Hall–Kier alpha value is -1.24. The quantitative estimate of drug-likeness (QED) is 0.908. The molecule has 3 N–H and O–H groups in total. The van der Waals surface area contributed by atoms with Gasteiger partial charge in [-0.05, 0) is 29.6 Å². The molecule has 0 aliphatic heterocycles. The first-order valence-corrected chi connectivity index (χ1v) is 6.80. The van der Waals surface area contributed by atoms with Crippen LogP contribution in [0.15, 0.2) is 40.2 Å². The van der Waals surface area contributed by atoms with Gasteiger partial charge in [0.2, 0.25) is 5.91 Å². The summed E-state index contributed by atoms with van der Waals surface area (Å²) >= 11 is 4.54. The van der Waals surface area contributed by atoms with E-state index < -0.39 is 17.8 Å². The number of anilines is 1. The summed E-state index contributed by atoms with van der Waals surface area (Å²) < 4.78 is 14.1. The fraction of sp³-hybridized carbons (Fsp3) is 0.0833. The minimum atomic E-state index is -0.784. The van der Waals surface area contributed by atoms with E-state index in [1.807, 2.05) is 11.4 Å². The fourth-order valence-corrected chi connectivity index (χ4v) is 2.46. The third kappa shape index (κ3) is 2.95. The first kappa shape index (κ1) is 13.2. The third-order valence-electron chi connectivity index (χ3n) is 2.32. The van der Waals surface area contributed by atoms with E-state index in [9.17, 15) is 9.18 Å². The lowest BCUT2D eigenvalue weighted by Gasteiger charge is -2.11. The van der Waals surface area contributed by atoms with Crippen LogP contribution in [0.25, 0.3) is 0 Å². The highest BCUT2D eigenvalue weighted by molar-refractivity contribution is 9.10. The second-order valence-corrected chi connectivity index (χ2v) is 5.50. The lowest BCUT2D eigenvalue weighted by atomic mass is 10.2. The Morgan fingerprint density at radius 3 is 2.83 bits per heavy atom. The summed E-state index contributed by atoms with van der Waals surface area (Å²) in [5, 5.41) is 4.31. The number of benzene rings is 1. The van der Waals surface area contributed by atoms with Crippen LogP contribution in [0.5, 0.6) is 0 Å². The standard InChI is InChI=1S/C12H10BrFN2OS/c13-7-3-4-9(8(14)6-7)16-12(17)11(15)10-2-1-5-18-10/h1-6,11H,15H2,(H,16,17). The molecule has 0 aliphatic rings. The number of carbonyl (C=O) groups is 1. The minimum absolute atomic E-state index is 0.121. The van der Waals surface area contributed by atoms with Gasteiger partial charge in [0.15, 0.2) is 0 Å². The van der Waals surface area contributed by atoms with Gasteiger partial charge in [-0.3, -0.25) is 4.79 Å². The van der Waals surface area contributed by atoms with Crippen molar-refractivity contribution in [2.75, 3.05) is 5.32 Å². The molecule has 0 saturated carbocycles. The first-order chi connectivity index (χ1) is 8.58. The highest BCUT2D eigenvalue weighted by atomic mass is 79.9. The van der Waals surface area contributed by atoms with Crippen molar-refractivity contribution >= 4 is 38.9 Å². The van der Waals surface area contributed by atoms with Crippen LogP contribution in [0.2, 0.25) is 0 Å². The Bertz CT molecular complexity index is 559. The van der Waals surface area contributed by atoms with Gasteiger partial charge >= 0.3 is 0 Å². The Balaban J connectivity index is 2.12. The van der Waals surface area contributed by atoms with E-state index in [4.69, 9.17) is 5.73 Å². The van der Waals surface area contributed by atoms with E-state index in [1.54, 1.807) is 12.1 Å². The van der Waals surface area contributed by atoms with Crippen molar-refractivity contribution < 1.29 is 9.18 Å². The maximum atomic E-state index is 13.5. The zero-order valence-corrected chi connectivity index (χ0v) is 11.6. The van der Waals surface area contributed by atoms with E-state index in [0.29, 0.717) is 4.47 Å². The predicted molar refractivity (Wildman–Crippen MR) is 74.0 cm³/mol. The van der Waals surface area contributed by atoms with Crippen LogP contribution in [-0.2, 0) is 4.79 Å². The van der Waals surface area contributed by atoms with Crippen LogP contribution in [0.4, 0.5) is 10.1 Å². The van der Waals surface area contributed by atoms with Gasteiger partial charge in [-0.2, -0.15) is 0 Å². The fourth-order valence-electron chi connectivity index (χ4n) is 1.40. The lowest BCUT2D eigenvalue weighted by molar-refractivity contribution is -0.117. The van der Waals surface area contributed by atoms with E-state index in [0.717, 1.165) is 4.88 Å². The Morgan fingerprint density at radius 1 is 1.44 bits per heavy atom. The smallest absolute Gasteiger partial charge is 0.246 e. The SMILES string of the molecule is NC(C(=O)Nc1ccc(Br)cc1F)c1cccs1. The number of halogens is 2. The molecule has 0 saturated heterocycles. The van der Waals surface area contributed by atoms with Crippen LogP contribution >= 0.6 is 27.3 Å². The molecule has 94 valence electrons. The third-order valence-corrected chi connectivity index (χ3v) is 3.77. The number of amides is 1. The van der Waals surface area contributed by atoms with Gasteiger partial charge < -0.3 is 11.1 Å². The minimum Gasteiger partial charge on any atom is -0.322 e. The monoisotopic (exact) mass is 328 g/mol. The topological polar surface area (TPSA) is 55.1 Å². The Labute approximate surface area is 116 Å². The number of hydrogen-bond acceptors (Lipinski definition) is 3. The summed E-state index contributed by atoms with van der Waals surface area (Å²) in [5.74, 6) is -0.935. The molecule has 1 heterocycles. The summed E-state index contributed by atoms with van der Waals surface area (Å²) in [6.07, 6.45) is 0. The van der Waals surface area contributed by atoms with Gasteiger partial charge in [-0.1, -0.05) is 22.0 Å². The average molecular weight is 329 g/mol. The van der Waals surface area contributed by atoms with Gasteiger partial charge in [-0.15, -0.1) is 11.3 Å². The molecule has 0 spiro atoms. The van der Waals surface area contributed by atoms with Crippen molar-refractivity contribution in [1.82, 2.24) is 0 Å². The van der Waals surface area contributed by atoms with Crippen LogP contribution in [0.3, 0.4) is 0 Å². The molecule has 1 aromatic carbocycles. The maximum Gasteiger partial charge on any atom is 0.246 e. The number of hydrogen-bond donors (Lipinski definition) is 2. The largest absolute Gasteiger partial charge is 0.322 e. The van der Waals surface area contributed by atoms with Crippen LogP contribution < -0.4 is 11.1 Å². The number of nitrogens with two attached hydrogens (primary N) is 1. The molecule has 1 unspecified atom stereocenters. The summed E-state index contributed by atoms with van der Waals surface area (Å²) in [6, 6.07) is 7.22. The molecule has 2 rings (SSSR count). The van der Waals surface area contributed by atoms with Crippen LogP contribution in [0, 0.1) is 5.82 Å². The van der Waals surface area contributed by atoms with Crippen molar-refractivity contribution in [3.8, 4) is 0 Å². The molecular formula is C12H10BrFN2OS. The van der Waals surface area contributed by atoms with Crippen molar-refractivity contribution in [2.45, 2.75) is 6.04 Å². The number of rotatable bonds is 3. The van der Waals surface area contributed by atoms with Crippen molar-refractivity contribution in [1.29, 1.82) is 0 Å². The number of nitrogens with one attached hydrogen (secondary N) is 1. The van der Waals surface area contributed by atoms with Crippen molar-refractivity contribution in [3.05, 3.63) is 50.9 Å². The lowest BCUT2D eigenvalue weighted by Crippen LogP contribution is -2.27. The molecule has 0 radical (unpaired) electrons. The molecule has 0 bridgehead atoms. The maximum absolute atomic E-state index is 13.5. The van der Waals surface area contributed by atoms with Gasteiger partial charge in [0.25, 0.3) is 0 Å². The zero-order valence-electron chi connectivity index (χ0n) is 9.19. The van der Waals surface area contributed by atoms with E-state index in [2.05, 4.69) is 21.2 Å². The predicted octanol–water partition coefficient (Wildman–Crippen LogP) is 3.29. The van der Waals surface area contributed by atoms with Crippen LogP contribution in [-0.4, -0.2) is 5.91 Å². The molecule has 1 atom stereocenters. The molecule has 1 aromatic heterocycles. The summed E-state index contributed by atoms with van der Waals surface area (Å²) in [6.45, 7) is 0. The Morgan fingerprint density at radius 2 is 2.22 bits per heavy atom. The highest BCUT2D eigenvalue weighted by Crippen LogP contribution is 2.22. The average Bonchev–Trinajstić information content (AvgIpc) is 2.85. The highest BCUT2D eigenvalue weighted by Gasteiger charge is 2.18. The van der Waals surface area contributed by atoms with Gasteiger partial charge in [0, 0.05) is 9.35 Å². The number of thiophene rings is 1. The molecule has 2 aromatic rings. The second-order valence-electron chi connectivity index (χ2n) is 3.61. The van der Waals surface area contributed by atoms with Gasteiger partial charge in [0.05, 0.1) is 5.69 Å². The second kappa shape index (κ2) is 5.60. The molecule has 1 amide bonds. The van der Waals surface area contributed by atoms with Crippen molar-refractivity contribution in [2.24, 2.45) is 5.73 Å². The molecule has 18 heavy (non-hydrogen) atoms. The van der Waals surface area contributed by atoms with Gasteiger partial charge in [0.1, 0.15) is 11.9 Å². The van der Waals surface area contributed by atoms with Gasteiger partial charge in [-0.25, -0.2) is 4.39 Å². The first-order valence-electron chi connectivity index (χ1n) is 5.13. The normalized spacial score (nSPS) is 12.2. The summed E-state index contributed by atoms with van der Waals surface area (Å²) in [5.41, 5.74) is 5.90. The molecular weight excluding hydrogens is 319 g/mol. The Kier molecular flexibility index (Phi) is 4.11. The summed E-state index contributed by atoms with van der Waals surface area (Å²) in [4.78, 5) is 12.6. The molecule has 0 fully saturated rings. The zero-order chi connectivity index (χ0) is 13.1. The number of carbonyl (C=O) groups excluding carboxylic acids is 1. The molecule has 3 nitrogen and oxygen atoms in total.